The molecule has 1 heterocycles. The molecule has 1 amide bonds. The van der Waals surface area contributed by atoms with E-state index in [0.717, 1.165) is 0 Å². The standard InChI is InChI=1S/C29H29NO7/c1-5-36-20-12-7-10-18(16-20)26-25(27(31)24-22(34-3)14-9-15-23(24)35-4)28(32)29(33)30(26)19-11-8-13-21(17-19)37-6-2/h7-17,26,31H,5-6H2,1-4H3/b27-25+. The normalized spacial score (nSPS) is 16.5. The summed E-state index contributed by atoms with van der Waals surface area (Å²) < 4.78 is 22.2. The molecule has 4 rings (SSSR count). The number of benzene rings is 3. The zero-order valence-corrected chi connectivity index (χ0v) is 21.2. The summed E-state index contributed by atoms with van der Waals surface area (Å²) in [6.45, 7) is 4.61. The van der Waals surface area contributed by atoms with E-state index in [1.165, 1.54) is 19.1 Å². The van der Waals surface area contributed by atoms with E-state index in [1.807, 2.05) is 13.8 Å². The van der Waals surface area contributed by atoms with Gasteiger partial charge in [0.15, 0.2) is 0 Å². The lowest BCUT2D eigenvalue weighted by molar-refractivity contribution is -0.132. The van der Waals surface area contributed by atoms with Crippen molar-refractivity contribution in [1.82, 2.24) is 0 Å². The second kappa shape index (κ2) is 11.1. The second-order valence-electron chi connectivity index (χ2n) is 8.14. The van der Waals surface area contributed by atoms with Crippen LogP contribution in [0.4, 0.5) is 5.69 Å². The van der Waals surface area contributed by atoms with Crippen molar-refractivity contribution >= 4 is 23.1 Å². The minimum absolute atomic E-state index is 0.0942. The Morgan fingerprint density at radius 1 is 0.838 bits per heavy atom. The monoisotopic (exact) mass is 503 g/mol. The van der Waals surface area contributed by atoms with Gasteiger partial charge in [-0.05, 0) is 55.8 Å². The molecule has 0 bridgehead atoms. The van der Waals surface area contributed by atoms with Gasteiger partial charge < -0.3 is 24.1 Å². The molecular weight excluding hydrogens is 474 g/mol. The molecule has 0 aromatic heterocycles. The average molecular weight is 504 g/mol. The van der Waals surface area contributed by atoms with E-state index in [-0.39, 0.29) is 11.1 Å². The lowest BCUT2D eigenvalue weighted by Gasteiger charge is -2.26. The number of hydrogen-bond donors (Lipinski definition) is 1. The van der Waals surface area contributed by atoms with Gasteiger partial charge >= 0.3 is 0 Å². The molecule has 1 saturated heterocycles. The molecule has 0 saturated carbocycles. The first-order chi connectivity index (χ1) is 17.9. The van der Waals surface area contributed by atoms with Gasteiger partial charge in [0.2, 0.25) is 0 Å². The van der Waals surface area contributed by atoms with E-state index in [2.05, 4.69) is 0 Å². The first kappa shape index (κ1) is 25.6. The van der Waals surface area contributed by atoms with Crippen LogP contribution in [0, 0.1) is 0 Å². The number of rotatable bonds is 9. The summed E-state index contributed by atoms with van der Waals surface area (Å²) in [6, 6.07) is 18.1. The van der Waals surface area contributed by atoms with Crippen LogP contribution in [0.25, 0.3) is 5.76 Å². The van der Waals surface area contributed by atoms with Gasteiger partial charge in [0, 0.05) is 11.8 Å². The predicted octanol–water partition coefficient (Wildman–Crippen LogP) is 5.13. The summed E-state index contributed by atoms with van der Waals surface area (Å²) >= 11 is 0. The van der Waals surface area contributed by atoms with Gasteiger partial charge in [0.1, 0.15) is 34.3 Å². The number of aliphatic hydroxyl groups excluding tert-OH is 1. The molecule has 0 spiro atoms. The first-order valence-corrected chi connectivity index (χ1v) is 11.9. The Bertz CT molecular complexity index is 1330. The molecule has 37 heavy (non-hydrogen) atoms. The number of anilines is 1. The summed E-state index contributed by atoms with van der Waals surface area (Å²) in [5.41, 5.74) is 1.12. The van der Waals surface area contributed by atoms with Gasteiger partial charge in [0.25, 0.3) is 11.7 Å². The van der Waals surface area contributed by atoms with Crippen LogP contribution in [-0.4, -0.2) is 44.2 Å². The van der Waals surface area contributed by atoms with Crippen LogP contribution < -0.4 is 23.8 Å². The molecule has 0 radical (unpaired) electrons. The molecule has 8 heteroatoms. The Hall–Kier alpha value is -4.46. The SMILES string of the molecule is CCOc1cccc(C2/C(=C(\O)c3c(OC)cccc3OC)C(=O)C(=O)N2c2cccc(OCC)c2)c1. The van der Waals surface area contributed by atoms with Gasteiger partial charge in [-0.2, -0.15) is 0 Å². The number of methoxy groups -OCH3 is 2. The molecule has 192 valence electrons. The molecule has 0 aliphatic carbocycles. The minimum atomic E-state index is -0.952. The lowest BCUT2D eigenvalue weighted by Crippen LogP contribution is -2.29. The molecule has 3 aromatic rings. The van der Waals surface area contributed by atoms with Crippen molar-refractivity contribution in [2.24, 2.45) is 0 Å². The molecule has 1 aliphatic rings. The van der Waals surface area contributed by atoms with Crippen molar-refractivity contribution in [3.63, 3.8) is 0 Å². The third-order valence-corrected chi connectivity index (χ3v) is 6.00. The van der Waals surface area contributed by atoms with Crippen molar-refractivity contribution < 1.29 is 33.6 Å². The predicted molar refractivity (Wildman–Crippen MR) is 140 cm³/mol. The van der Waals surface area contributed by atoms with Gasteiger partial charge in [-0.3, -0.25) is 14.5 Å². The van der Waals surface area contributed by atoms with Gasteiger partial charge in [-0.25, -0.2) is 0 Å². The number of Topliss-reactive ketones (excluding diaryl/α,β-unsaturated/α-hetero) is 1. The van der Waals surface area contributed by atoms with E-state index in [0.29, 0.717) is 47.5 Å². The van der Waals surface area contributed by atoms with Gasteiger partial charge in [-0.1, -0.05) is 24.3 Å². The highest BCUT2D eigenvalue weighted by Crippen LogP contribution is 2.46. The van der Waals surface area contributed by atoms with E-state index in [4.69, 9.17) is 18.9 Å². The highest BCUT2D eigenvalue weighted by molar-refractivity contribution is 6.51. The van der Waals surface area contributed by atoms with Crippen molar-refractivity contribution in [3.8, 4) is 23.0 Å². The topological polar surface area (TPSA) is 94.5 Å². The van der Waals surface area contributed by atoms with Gasteiger partial charge in [-0.15, -0.1) is 0 Å². The molecule has 1 aliphatic heterocycles. The number of nitrogens with zero attached hydrogens (tertiary/aromatic N) is 1. The third-order valence-electron chi connectivity index (χ3n) is 6.00. The number of ether oxygens (including phenoxy) is 4. The van der Waals surface area contributed by atoms with E-state index in [1.54, 1.807) is 66.7 Å². The van der Waals surface area contributed by atoms with Crippen LogP contribution in [0.3, 0.4) is 0 Å². The smallest absolute Gasteiger partial charge is 0.300 e. The Balaban J connectivity index is 1.99. The second-order valence-corrected chi connectivity index (χ2v) is 8.14. The third kappa shape index (κ3) is 4.82. The van der Waals surface area contributed by atoms with Crippen LogP contribution in [0.5, 0.6) is 23.0 Å². The van der Waals surface area contributed by atoms with Crippen LogP contribution in [-0.2, 0) is 9.59 Å². The average Bonchev–Trinajstić information content (AvgIpc) is 3.18. The quantitative estimate of drug-likeness (QED) is 0.246. The zero-order valence-electron chi connectivity index (χ0n) is 21.2. The Kier molecular flexibility index (Phi) is 7.67. The number of ketones is 1. The fourth-order valence-corrected chi connectivity index (χ4v) is 4.46. The number of carbonyl (C=O) groups excluding carboxylic acids is 2. The fraction of sp³-hybridized carbons (Fsp3) is 0.241. The maximum Gasteiger partial charge on any atom is 0.300 e. The van der Waals surface area contributed by atoms with Crippen molar-refractivity contribution in [3.05, 3.63) is 83.4 Å². The van der Waals surface area contributed by atoms with E-state index in [9.17, 15) is 14.7 Å². The van der Waals surface area contributed by atoms with Crippen molar-refractivity contribution in [2.45, 2.75) is 19.9 Å². The zero-order chi connectivity index (χ0) is 26.5. The van der Waals surface area contributed by atoms with Crippen LogP contribution in [0.2, 0.25) is 0 Å². The number of aliphatic hydroxyl groups is 1. The molecule has 1 fully saturated rings. The number of hydrogen-bond acceptors (Lipinski definition) is 7. The highest BCUT2D eigenvalue weighted by Gasteiger charge is 2.47. The maximum absolute atomic E-state index is 13.6. The molecule has 1 N–H and O–H groups in total. The molecule has 3 aromatic carbocycles. The van der Waals surface area contributed by atoms with Crippen LogP contribution in [0.15, 0.2) is 72.3 Å². The largest absolute Gasteiger partial charge is 0.506 e. The first-order valence-electron chi connectivity index (χ1n) is 11.9. The lowest BCUT2D eigenvalue weighted by atomic mass is 9.94. The van der Waals surface area contributed by atoms with E-state index < -0.39 is 23.5 Å². The highest BCUT2D eigenvalue weighted by atomic mass is 16.5. The van der Waals surface area contributed by atoms with Crippen LogP contribution in [0.1, 0.15) is 31.0 Å². The van der Waals surface area contributed by atoms with E-state index >= 15 is 0 Å². The van der Waals surface area contributed by atoms with Crippen molar-refractivity contribution in [1.29, 1.82) is 0 Å². The molecular formula is C29H29NO7. The molecule has 8 nitrogen and oxygen atoms in total. The maximum atomic E-state index is 13.6. The Morgan fingerprint density at radius 3 is 2.00 bits per heavy atom. The summed E-state index contributed by atoms with van der Waals surface area (Å²) in [4.78, 5) is 28.4. The number of carbonyl (C=O) groups is 2. The van der Waals surface area contributed by atoms with Crippen molar-refractivity contribution in [2.75, 3.05) is 32.3 Å². The summed E-state index contributed by atoms with van der Waals surface area (Å²) in [5.74, 6) is -0.303. The van der Waals surface area contributed by atoms with Gasteiger partial charge in [0.05, 0.1) is 39.0 Å². The molecule has 1 atom stereocenters. The summed E-state index contributed by atoms with van der Waals surface area (Å²) in [6.07, 6.45) is 0. The summed E-state index contributed by atoms with van der Waals surface area (Å²) in [5, 5.41) is 11.6. The minimum Gasteiger partial charge on any atom is -0.506 e. The number of amides is 1. The Labute approximate surface area is 215 Å². The van der Waals surface area contributed by atoms with Crippen LogP contribution >= 0.6 is 0 Å². The summed E-state index contributed by atoms with van der Waals surface area (Å²) in [7, 11) is 2.90. The molecule has 1 unspecified atom stereocenters. The fourth-order valence-electron chi connectivity index (χ4n) is 4.46. The Morgan fingerprint density at radius 2 is 1.41 bits per heavy atom.